The predicted molar refractivity (Wildman–Crippen MR) is 126 cm³/mol. The number of nitrogens with zero attached hydrogens (tertiary/aromatic N) is 2. The third kappa shape index (κ3) is 7.02. The fraction of sp³-hybridized carbons (Fsp3) is 0.440. The highest BCUT2D eigenvalue weighted by molar-refractivity contribution is 5.93. The average Bonchev–Trinajstić information content (AvgIpc) is 3.30. The van der Waals surface area contributed by atoms with Crippen LogP contribution in [0.1, 0.15) is 47.2 Å². The predicted octanol–water partition coefficient (Wildman–Crippen LogP) is 3.62. The maximum Gasteiger partial charge on any atom is 0.253 e. The van der Waals surface area contributed by atoms with Crippen LogP contribution in [0.4, 0.5) is 0 Å². The van der Waals surface area contributed by atoms with Crippen molar-refractivity contribution in [3.63, 3.8) is 0 Å². The van der Waals surface area contributed by atoms with E-state index in [2.05, 4.69) is 39.9 Å². The summed E-state index contributed by atoms with van der Waals surface area (Å²) in [4.78, 5) is 17.8. The van der Waals surface area contributed by atoms with Crippen molar-refractivity contribution in [1.82, 2.24) is 15.5 Å². The molecule has 0 bridgehead atoms. The lowest BCUT2D eigenvalue weighted by atomic mass is 10.1. The van der Waals surface area contributed by atoms with Crippen LogP contribution in [0, 0.1) is 0 Å². The van der Waals surface area contributed by atoms with Crippen molar-refractivity contribution in [3.8, 4) is 5.75 Å². The van der Waals surface area contributed by atoms with Gasteiger partial charge in [0.25, 0.3) is 5.91 Å². The molecule has 166 valence electrons. The first-order valence-corrected chi connectivity index (χ1v) is 11.1. The summed E-state index contributed by atoms with van der Waals surface area (Å²) in [5.74, 6) is 1.74. The number of hydrogen-bond acceptors (Lipinski definition) is 3. The molecule has 31 heavy (non-hydrogen) atoms. The molecule has 0 unspecified atom stereocenters. The zero-order valence-electron chi connectivity index (χ0n) is 18.9. The van der Waals surface area contributed by atoms with Crippen molar-refractivity contribution < 1.29 is 9.53 Å². The molecule has 1 saturated carbocycles. The molecule has 6 nitrogen and oxygen atoms in total. The monoisotopic (exact) mass is 422 g/mol. The van der Waals surface area contributed by atoms with E-state index in [-0.39, 0.29) is 5.91 Å². The number of carbonyl (C=O) groups is 1. The first-order chi connectivity index (χ1) is 15.0. The molecule has 0 heterocycles. The van der Waals surface area contributed by atoms with E-state index in [1.54, 1.807) is 26.0 Å². The van der Waals surface area contributed by atoms with Gasteiger partial charge in [-0.25, -0.2) is 0 Å². The lowest BCUT2D eigenvalue weighted by Gasteiger charge is -2.14. The van der Waals surface area contributed by atoms with Crippen molar-refractivity contribution >= 4 is 11.9 Å². The van der Waals surface area contributed by atoms with E-state index in [1.807, 2.05) is 24.3 Å². The molecule has 2 aromatic carbocycles. The van der Waals surface area contributed by atoms with Gasteiger partial charge in [0.1, 0.15) is 5.75 Å². The maximum atomic E-state index is 12.0. The van der Waals surface area contributed by atoms with Crippen LogP contribution in [0.15, 0.2) is 53.5 Å². The average molecular weight is 423 g/mol. The number of ether oxygens (including phenoxy) is 1. The Labute approximate surface area is 185 Å². The molecule has 0 radical (unpaired) electrons. The van der Waals surface area contributed by atoms with Gasteiger partial charge in [0.15, 0.2) is 5.96 Å². The summed E-state index contributed by atoms with van der Waals surface area (Å²) in [5.41, 5.74) is 3.05. The first kappa shape index (κ1) is 22.7. The second-order valence-corrected chi connectivity index (χ2v) is 8.17. The highest BCUT2D eigenvalue weighted by Crippen LogP contribution is 2.24. The van der Waals surface area contributed by atoms with Crippen molar-refractivity contribution in [3.05, 3.63) is 65.2 Å². The number of nitrogens with one attached hydrogen (secondary N) is 2. The lowest BCUT2D eigenvalue weighted by molar-refractivity contribution is 0.0827. The van der Waals surface area contributed by atoms with Crippen LogP contribution in [-0.4, -0.2) is 50.6 Å². The van der Waals surface area contributed by atoms with E-state index in [4.69, 9.17) is 4.74 Å². The van der Waals surface area contributed by atoms with E-state index in [1.165, 1.54) is 31.2 Å². The summed E-state index contributed by atoms with van der Waals surface area (Å²) in [6.07, 6.45) is 6.22. The first-order valence-electron chi connectivity index (χ1n) is 11.1. The van der Waals surface area contributed by atoms with Crippen molar-refractivity contribution in [2.24, 2.45) is 4.99 Å². The molecule has 1 aliphatic rings. The van der Waals surface area contributed by atoms with Crippen molar-refractivity contribution in [2.45, 2.75) is 44.8 Å². The van der Waals surface area contributed by atoms with Gasteiger partial charge in [-0.1, -0.05) is 24.3 Å². The third-order valence-electron chi connectivity index (χ3n) is 5.53. The van der Waals surface area contributed by atoms with Gasteiger partial charge in [-0.3, -0.25) is 9.79 Å². The zero-order chi connectivity index (χ0) is 22.1. The van der Waals surface area contributed by atoms with Gasteiger partial charge in [-0.15, -0.1) is 0 Å². The van der Waals surface area contributed by atoms with Crippen LogP contribution in [0.2, 0.25) is 0 Å². The summed E-state index contributed by atoms with van der Waals surface area (Å²) in [6, 6.07) is 16.1. The van der Waals surface area contributed by atoms with Gasteiger partial charge < -0.3 is 20.3 Å². The fourth-order valence-electron chi connectivity index (χ4n) is 3.69. The Kier molecular flexibility index (Phi) is 8.33. The molecule has 2 aromatic rings. The molecule has 3 rings (SSSR count). The number of amides is 1. The van der Waals surface area contributed by atoms with Crippen LogP contribution < -0.4 is 15.4 Å². The molecule has 0 aromatic heterocycles. The molecule has 0 atom stereocenters. The summed E-state index contributed by atoms with van der Waals surface area (Å²) < 4.78 is 6.03. The summed E-state index contributed by atoms with van der Waals surface area (Å²) >= 11 is 0. The minimum Gasteiger partial charge on any atom is -0.490 e. The lowest BCUT2D eigenvalue weighted by Crippen LogP contribution is -2.37. The van der Waals surface area contributed by atoms with Crippen LogP contribution >= 0.6 is 0 Å². The number of carbonyl (C=O) groups excluding carboxylic acids is 1. The largest absolute Gasteiger partial charge is 0.490 e. The summed E-state index contributed by atoms with van der Waals surface area (Å²) in [5, 5.41) is 6.67. The number of benzene rings is 2. The van der Waals surface area contributed by atoms with Gasteiger partial charge in [0.2, 0.25) is 0 Å². The molecule has 6 heteroatoms. The number of aliphatic imine (C=N–C) groups is 1. The van der Waals surface area contributed by atoms with Crippen LogP contribution in [-0.2, 0) is 13.0 Å². The highest BCUT2D eigenvalue weighted by Gasteiger charge is 2.16. The fourth-order valence-corrected chi connectivity index (χ4v) is 3.69. The minimum atomic E-state index is 0.00937. The molecule has 0 saturated heterocycles. The quantitative estimate of drug-likeness (QED) is 0.504. The number of rotatable bonds is 8. The van der Waals surface area contributed by atoms with Crippen molar-refractivity contribution in [1.29, 1.82) is 0 Å². The number of hydrogen-bond donors (Lipinski definition) is 2. The van der Waals surface area contributed by atoms with E-state index in [9.17, 15) is 4.79 Å². The molecular weight excluding hydrogens is 388 g/mol. The van der Waals surface area contributed by atoms with Gasteiger partial charge in [0.05, 0.1) is 6.10 Å². The molecule has 0 aliphatic heterocycles. The maximum absolute atomic E-state index is 12.0. The Balaban J connectivity index is 1.39. The molecule has 1 aliphatic carbocycles. The third-order valence-corrected chi connectivity index (χ3v) is 5.53. The molecular formula is C25H34N4O2. The summed E-state index contributed by atoms with van der Waals surface area (Å²) in [7, 11) is 5.28. The van der Waals surface area contributed by atoms with Crippen molar-refractivity contribution in [2.75, 3.05) is 27.7 Å². The van der Waals surface area contributed by atoms with Gasteiger partial charge >= 0.3 is 0 Å². The topological polar surface area (TPSA) is 66.0 Å². The van der Waals surface area contributed by atoms with E-state index >= 15 is 0 Å². The van der Waals surface area contributed by atoms with E-state index in [0.717, 1.165) is 30.2 Å². The Morgan fingerprint density at radius 2 is 1.65 bits per heavy atom. The second-order valence-electron chi connectivity index (χ2n) is 8.17. The van der Waals surface area contributed by atoms with Gasteiger partial charge in [-0.2, -0.15) is 0 Å². The Morgan fingerprint density at radius 1 is 1.00 bits per heavy atom. The smallest absolute Gasteiger partial charge is 0.253 e. The SMILES string of the molecule is CN=C(NCCc1ccc(OC2CCCC2)cc1)NCc1ccc(C(=O)N(C)C)cc1. The van der Waals surface area contributed by atoms with Gasteiger partial charge in [0, 0.05) is 39.8 Å². The Morgan fingerprint density at radius 3 is 2.26 bits per heavy atom. The van der Waals surface area contributed by atoms with Crippen LogP contribution in [0.3, 0.4) is 0 Å². The zero-order valence-corrected chi connectivity index (χ0v) is 18.9. The van der Waals surface area contributed by atoms with Gasteiger partial charge in [-0.05, 0) is 67.5 Å². The second kappa shape index (κ2) is 11.4. The normalized spacial score (nSPS) is 14.4. The Hall–Kier alpha value is -3.02. The highest BCUT2D eigenvalue weighted by atomic mass is 16.5. The molecule has 1 fully saturated rings. The van der Waals surface area contributed by atoms with E-state index in [0.29, 0.717) is 18.2 Å². The Bertz CT molecular complexity index is 854. The number of guanidine groups is 1. The van der Waals surface area contributed by atoms with Crippen LogP contribution in [0.25, 0.3) is 0 Å². The minimum absolute atomic E-state index is 0.00937. The summed E-state index contributed by atoms with van der Waals surface area (Å²) in [6.45, 7) is 1.43. The van der Waals surface area contributed by atoms with Crippen LogP contribution in [0.5, 0.6) is 5.75 Å². The molecule has 0 spiro atoms. The molecule has 2 N–H and O–H groups in total. The molecule has 1 amide bonds. The standard InChI is InChI=1S/C25H34N4O2/c1-26-25(28-18-20-8-12-21(13-9-20)24(30)29(2)3)27-17-16-19-10-14-23(15-11-19)31-22-6-4-5-7-22/h8-15,22H,4-7,16-18H2,1-3H3,(H2,26,27,28). The van der Waals surface area contributed by atoms with E-state index < -0.39 is 0 Å².